The molecule has 0 atom stereocenters. The molecule has 0 aliphatic carbocycles. The Balaban J connectivity index is 2.39. The molecular formula is C12H9BNO2. The molecule has 0 aliphatic rings. The minimum atomic E-state index is 0.621. The van der Waals surface area contributed by atoms with Crippen molar-refractivity contribution in [2.24, 2.45) is 0 Å². The van der Waals surface area contributed by atoms with E-state index in [-0.39, 0.29) is 0 Å². The van der Waals surface area contributed by atoms with Gasteiger partial charge in [-0.3, -0.25) is 0 Å². The quantitative estimate of drug-likeness (QED) is 0.637. The van der Waals surface area contributed by atoms with Gasteiger partial charge in [0.05, 0.1) is 5.52 Å². The fourth-order valence-corrected chi connectivity index (χ4v) is 2.00. The third-order valence-electron chi connectivity index (χ3n) is 2.68. The second kappa shape index (κ2) is 3.57. The molecule has 0 bridgehead atoms. The highest BCUT2D eigenvalue weighted by Gasteiger charge is 2.07. The Hall–Kier alpha value is -1.94. The van der Waals surface area contributed by atoms with E-state index in [1.165, 1.54) is 0 Å². The van der Waals surface area contributed by atoms with E-state index in [9.17, 15) is 0 Å². The fraction of sp³-hybridized carbons (Fsp3) is 0. The monoisotopic (exact) mass is 210 g/mol. The molecular weight excluding hydrogens is 201 g/mol. The molecule has 1 aromatic heterocycles. The lowest BCUT2D eigenvalue weighted by molar-refractivity contribution is 0.456. The number of hydrogen-bond acceptors (Lipinski definition) is 2. The molecule has 3 rings (SSSR count). The van der Waals surface area contributed by atoms with Gasteiger partial charge in [0, 0.05) is 16.3 Å². The third-order valence-corrected chi connectivity index (χ3v) is 2.68. The molecule has 1 radical (unpaired) electrons. The summed E-state index contributed by atoms with van der Waals surface area (Å²) in [4.78, 5) is 3.28. The van der Waals surface area contributed by atoms with E-state index in [4.69, 9.17) is 9.68 Å². The lowest BCUT2D eigenvalue weighted by atomic mass is 10.1. The largest absolute Gasteiger partial charge is 0.569 e. The first-order valence-corrected chi connectivity index (χ1v) is 5.02. The third kappa shape index (κ3) is 1.27. The number of nitrogens with one attached hydrogen (secondary N) is 1. The highest BCUT2D eigenvalue weighted by molar-refractivity contribution is 6.18. The number of hydrogen-bond donors (Lipinski definition) is 2. The molecule has 0 saturated carbocycles. The van der Waals surface area contributed by atoms with E-state index >= 15 is 0 Å². The van der Waals surface area contributed by atoms with Gasteiger partial charge in [0.25, 0.3) is 0 Å². The maximum Gasteiger partial charge on any atom is 0.569 e. The molecule has 0 aliphatic heterocycles. The number of benzene rings is 2. The Morgan fingerprint density at radius 2 is 1.81 bits per heavy atom. The van der Waals surface area contributed by atoms with Crippen LogP contribution in [0.25, 0.3) is 21.8 Å². The minimum Gasteiger partial charge on any atom is -0.536 e. The van der Waals surface area contributed by atoms with Crippen LogP contribution in [0.1, 0.15) is 0 Å². The molecule has 0 amide bonds. The van der Waals surface area contributed by atoms with Gasteiger partial charge in [0.1, 0.15) is 5.75 Å². The molecule has 0 unspecified atom stereocenters. The zero-order chi connectivity index (χ0) is 11.0. The zero-order valence-electron chi connectivity index (χ0n) is 8.47. The average Bonchev–Trinajstić information content (AvgIpc) is 2.69. The van der Waals surface area contributed by atoms with Crippen LogP contribution in [0.15, 0.2) is 42.5 Å². The van der Waals surface area contributed by atoms with Crippen LogP contribution in [0.5, 0.6) is 5.75 Å². The number of para-hydroxylation sites is 2. The first-order chi connectivity index (χ1) is 7.90. The number of rotatable bonds is 2. The van der Waals surface area contributed by atoms with E-state index in [0.29, 0.717) is 13.4 Å². The Kier molecular flexibility index (Phi) is 2.08. The van der Waals surface area contributed by atoms with Gasteiger partial charge in [0.2, 0.25) is 0 Å². The van der Waals surface area contributed by atoms with Crippen molar-refractivity contribution in [1.82, 2.24) is 4.98 Å². The van der Waals surface area contributed by atoms with E-state index in [2.05, 4.69) is 11.1 Å². The van der Waals surface area contributed by atoms with E-state index in [1.54, 1.807) is 0 Å². The number of H-pyrrole nitrogens is 1. The van der Waals surface area contributed by atoms with Gasteiger partial charge in [-0.15, -0.1) is 0 Å². The maximum absolute atomic E-state index is 8.69. The van der Waals surface area contributed by atoms with Gasteiger partial charge in [0.15, 0.2) is 0 Å². The van der Waals surface area contributed by atoms with Crippen LogP contribution in [-0.2, 0) is 0 Å². The topological polar surface area (TPSA) is 45.2 Å². The predicted molar refractivity (Wildman–Crippen MR) is 64.4 cm³/mol. The van der Waals surface area contributed by atoms with Crippen molar-refractivity contribution in [3.8, 4) is 5.75 Å². The average molecular weight is 210 g/mol. The van der Waals surface area contributed by atoms with E-state index in [0.717, 1.165) is 21.8 Å². The minimum absolute atomic E-state index is 0.621. The molecule has 3 nitrogen and oxygen atoms in total. The summed E-state index contributed by atoms with van der Waals surface area (Å²) in [5.41, 5.74) is 1.96. The maximum atomic E-state index is 8.69. The molecule has 3 aromatic rings. The molecule has 2 N–H and O–H groups in total. The van der Waals surface area contributed by atoms with Crippen molar-refractivity contribution < 1.29 is 9.68 Å². The normalized spacial score (nSPS) is 10.8. The van der Waals surface area contributed by atoms with Crippen molar-refractivity contribution in [2.75, 3.05) is 0 Å². The van der Waals surface area contributed by atoms with Gasteiger partial charge in [-0.25, -0.2) is 0 Å². The van der Waals surface area contributed by atoms with Crippen molar-refractivity contribution >= 4 is 29.5 Å². The van der Waals surface area contributed by atoms with Gasteiger partial charge >= 0.3 is 7.69 Å². The Labute approximate surface area is 93.0 Å². The van der Waals surface area contributed by atoms with Gasteiger partial charge in [-0.05, 0) is 12.1 Å². The molecule has 77 valence electrons. The van der Waals surface area contributed by atoms with Gasteiger partial charge < -0.3 is 14.7 Å². The zero-order valence-corrected chi connectivity index (χ0v) is 8.47. The predicted octanol–water partition coefficient (Wildman–Crippen LogP) is 2.23. The van der Waals surface area contributed by atoms with Crippen molar-refractivity contribution in [1.29, 1.82) is 0 Å². The molecule has 4 heteroatoms. The van der Waals surface area contributed by atoms with Crippen molar-refractivity contribution in [2.45, 2.75) is 0 Å². The number of aromatic amines is 1. The van der Waals surface area contributed by atoms with Crippen molar-refractivity contribution in [3.63, 3.8) is 0 Å². The first-order valence-electron chi connectivity index (χ1n) is 5.02. The summed E-state index contributed by atoms with van der Waals surface area (Å²) in [7, 11) is 0.695. The highest BCUT2D eigenvalue weighted by atomic mass is 16.5. The summed E-state index contributed by atoms with van der Waals surface area (Å²) in [5, 5.41) is 10.9. The Bertz CT molecular complexity index is 648. The van der Waals surface area contributed by atoms with Crippen LogP contribution < -0.4 is 4.65 Å². The summed E-state index contributed by atoms with van der Waals surface area (Å²) in [6, 6.07) is 13.8. The molecule has 16 heavy (non-hydrogen) atoms. The van der Waals surface area contributed by atoms with Crippen LogP contribution >= 0.6 is 0 Å². The standard InChI is InChI=1S/C12H9BNO2/c15-13-16-11-7-3-5-9-8-4-1-2-6-10(8)14-12(9)11/h1-7,14-15H. The van der Waals surface area contributed by atoms with Gasteiger partial charge in [-0.2, -0.15) is 0 Å². The van der Waals surface area contributed by atoms with Crippen molar-refractivity contribution in [3.05, 3.63) is 42.5 Å². The number of aromatic nitrogens is 1. The second-order valence-electron chi connectivity index (χ2n) is 3.57. The number of fused-ring (bicyclic) bond motifs is 3. The van der Waals surface area contributed by atoms with Crippen LogP contribution in [0.2, 0.25) is 0 Å². The Morgan fingerprint density at radius 1 is 1.00 bits per heavy atom. The Morgan fingerprint density at radius 3 is 2.69 bits per heavy atom. The highest BCUT2D eigenvalue weighted by Crippen LogP contribution is 2.31. The first kappa shape index (κ1) is 9.30. The van der Waals surface area contributed by atoms with E-state index < -0.39 is 0 Å². The summed E-state index contributed by atoms with van der Waals surface area (Å²) in [6.07, 6.45) is 0. The van der Waals surface area contributed by atoms with Crippen LogP contribution in [0.4, 0.5) is 0 Å². The molecule has 0 spiro atoms. The summed E-state index contributed by atoms with van der Waals surface area (Å²) in [5.74, 6) is 0.621. The van der Waals surface area contributed by atoms with Gasteiger partial charge in [-0.1, -0.05) is 30.3 Å². The fourth-order valence-electron chi connectivity index (χ4n) is 2.00. The summed E-state index contributed by atoms with van der Waals surface area (Å²) < 4.78 is 5.05. The van der Waals surface area contributed by atoms with E-state index in [1.807, 2.05) is 36.4 Å². The lowest BCUT2D eigenvalue weighted by Gasteiger charge is -2.01. The summed E-state index contributed by atoms with van der Waals surface area (Å²) in [6.45, 7) is 0. The molecule has 0 fully saturated rings. The molecule has 1 heterocycles. The smallest absolute Gasteiger partial charge is 0.536 e. The van der Waals surface area contributed by atoms with Crippen LogP contribution in [-0.4, -0.2) is 17.7 Å². The lowest BCUT2D eigenvalue weighted by Crippen LogP contribution is -1.99. The van der Waals surface area contributed by atoms with Crippen LogP contribution in [0, 0.1) is 0 Å². The van der Waals surface area contributed by atoms with Crippen LogP contribution in [0.3, 0.4) is 0 Å². The second-order valence-corrected chi connectivity index (χ2v) is 3.57. The molecule has 0 saturated heterocycles. The SMILES string of the molecule is O[B]Oc1cccc2c1[nH]c1ccccc12. The molecule has 2 aromatic carbocycles. The summed E-state index contributed by atoms with van der Waals surface area (Å²) >= 11 is 0.